The van der Waals surface area contributed by atoms with Gasteiger partial charge in [-0.2, -0.15) is 18.4 Å². The number of carbonyl (C=O) groups is 3. The lowest BCUT2D eigenvalue weighted by Crippen LogP contribution is -2.51. The SMILES string of the molecule is CC(=O)C1=C(C)N(c2cccc(C(F)(F)F)c2)C(=O)C(C(=O)N(C)c2ccc(Cl)c(Cl)c2)C1c1ccc(C#N)cc1. The molecule has 3 aromatic rings. The predicted molar refractivity (Wildman–Crippen MR) is 150 cm³/mol. The molecular formula is C30H22Cl2F3N3O3. The zero-order valence-electron chi connectivity index (χ0n) is 22.0. The standard InChI is InChI=1S/C30H22Cl2F3N3O3/c1-16-25(17(2)39)26(19-9-7-18(15-36)8-10-19)27(28(40)37(3)21-11-12-23(31)24(32)14-21)29(41)38(16)22-6-4-5-20(13-22)30(33,34)35/h4-14,26-27H,1-3H3. The Bertz CT molecular complexity index is 1630. The minimum atomic E-state index is -4.69. The van der Waals surface area contributed by atoms with Gasteiger partial charge >= 0.3 is 6.18 Å². The van der Waals surface area contributed by atoms with Crippen LogP contribution in [0.5, 0.6) is 0 Å². The summed E-state index contributed by atoms with van der Waals surface area (Å²) in [7, 11) is 1.41. The Kier molecular flexibility index (Phi) is 8.29. The number of hydrogen-bond donors (Lipinski definition) is 0. The molecular weight excluding hydrogens is 578 g/mol. The Labute approximate surface area is 244 Å². The number of benzene rings is 3. The maximum atomic E-state index is 14.2. The van der Waals surface area contributed by atoms with Crippen molar-refractivity contribution in [2.45, 2.75) is 25.9 Å². The van der Waals surface area contributed by atoms with Crippen molar-refractivity contribution in [2.24, 2.45) is 5.92 Å². The van der Waals surface area contributed by atoms with Gasteiger partial charge in [0.1, 0.15) is 5.92 Å². The third-order valence-corrected chi connectivity index (χ3v) is 7.69. The topological polar surface area (TPSA) is 81.5 Å². The van der Waals surface area contributed by atoms with Crippen molar-refractivity contribution in [1.29, 1.82) is 5.26 Å². The monoisotopic (exact) mass is 599 g/mol. The Balaban J connectivity index is 1.95. The molecule has 0 radical (unpaired) electrons. The highest BCUT2D eigenvalue weighted by Crippen LogP contribution is 2.44. The van der Waals surface area contributed by atoms with E-state index < -0.39 is 41.2 Å². The molecule has 210 valence electrons. The van der Waals surface area contributed by atoms with Crippen molar-refractivity contribution < 1.29 is 27.6 Å². The number of amides is 2. The Morgan fingerprint density at radius 3 is 2.22 bits per heavy atom. The second-order valence-corrected chi connectivity index (χ2v) is 10.3. The quantitative estimate of drug-likeness (QED) is 0.291. The summed E-state index contributed by atoms with van der Waals surface area (Å²) in [5, 5.41) is 9.65. The maximum absolute atomic E-state index is 14.2. The van der Waals surface area contributed by atoms with Crippen molar-refractivity contribution in [2.75, 3.05) is 16.8 Å². The number of alkyl halides is 3. The fourth-order valence-electron chi connectivity index (χ4n) is 4.98. The molecule has 0 spiro atoms. The second kappa shape index (κ2) is 11.4. The first kappa shape index (κ1) is 29.8. The van der Waals surface area contributed by atoms with E-state index in [1.165, 1.54) is 62.2 Å². The summed E-state index contributed by atoms with van der Waals surface area (Å²) in [6.07, 6.45) is -4.69. The molecule has 11 heteroatoms. The molecule has 1 heterocycles. The van der Waals surface area contributed by atoms with Gasteiger partial charge in [0.05, 0.1) is 27.2 Å². The summed E-state index contributed by atoms with van der Waals surface area (Å²) in [6.45, 7) is 2.72. The van der Waals surface area contributed by atoms with Crippen LogP contribution >= 0.6 is 23.2 Å². The van der Waals surface area contributed by atoms with Gasteiger partial charge in [-0.1, -0.05) is 41.4 Å². The van der Waals surface area contributed by atoms with Crippen LogP contribution in [0.1, 0.15) is 36.5 Å². The number of ketones is 1. The van der Waals surface area contributed by atoms with E-state index >= 15 is 0 Å². The van der Waals surface area contributed by atoms with Crippen LogP contribution in [0.25, 0.3) is 0 Å². The average Bonchev–Trinajstić information content (AvgIpc) is 2.93. The van der Waals surface area contributed by atoms with Gasteiger partial charge in [0, 0.05) is 35.6 Å². The molecule has 1 aliphatic rings. The molecule has 0 N–H and O–H groups in total. The maximum Gasteiger partial charge on any atom is 0.416 e. The van der Waals surface area contributed by atoms with E-state index in [0.29, 0.717) is 16.8 Å². The number of carbonyl (C=O) groups excluding carboxylic acids is 3. The largest absolute Gasteiger partial charge is 0.416 e. The molecule has 0 aromatic heterocycles. The third kappa shape index (κ3) is 5.71. The van der Waals surface area contributed by atoms with Crippen LogP contribution in [0.2, 0.25) is 10.0 Å². The van der Waals surface area contributed by atoms with E-state index in [1.54, 1.807) is 12.1 Å². The van der Waals surface area contributed by atoms with Gasteiger partial charge < -0.3 is 4.90 Å². The van der Waals surface area contributed by atoms with Gasteiger partial charge in [-0.3, -0.25) is 19.3 Å². The first-order chi connectivity index (χ1) is 19.3. The molecule has 1 aliphatic heterocycles. The average molecular weight is 600 g/mol. The first-order valence-electron chi connectivity index (χ1n) is 12.2. The van der Waals surface area contributed by atoms with E-state index in [0.717, 1.165) is 23.1 Å². The van der Waals surface area contributed by atoms with Crippen molar-refractivity contribution in [1.82, 2.24) is 0 Å². The fourth-order valence-corrected chi connectivity index (χ4v) is 5.27. The van der Waals surface area contributed by atoms with E-state index in [2.05, 4.69) is 0 Å². The Morgan fingerprint density at radius 1 is 1.00 bits per heavy atom. The van der Waals surface area contributed by atoms with Crippen LogP contribution in [0.4, 0.5) is 24.5 Å². The second-order valence-electron chi connectivity index (χ2n) is 9.46. The number of Topliss-reactive ketones (excluding diaryl/α,β-unsaturated/α-hetero) is 1. The molecule has 2 amide bonds. The molecule has 0 fully saturated rings. The molecule has 0 aliphatic carbocycles. The predicted octanol–water partition coefficient (Wildman–Crippen LogP) is 7.16. The van der Waals surface area contributed by atoms with E-state index in [-0.39, 0.29) is 27.0 Å². The number of rotatable bonds is 5. The molecule has 3 aromatic carbocycles. The molecule has 0 bridgehead atoms. The van der Waals surface area contributed by atoms with Gasteiger partial charge in [0.2, 0.25) is 11.8 Å². The molecule has 0 saturated heterocycles. The van der Waals surface area contributed by atoms with Crippen LogP contribution in [-0.2, 0) is 20.6 Å². The normalized spacial score (nSPS) is 17.3. The summed E-state index contributed by atoms with van der Waals surface area (Å²) < 4.78 is 40.7. The van der Waals surface area contributed by atoms with Crippen molar-refractivity contribution in [3.8, 4) is 6.07 Å². The summed E-state index contributed by atoms with van der Waals surface area (Å²) in [5.41, 5.74) is 0.0650. The lowest BCUT2D eigenvalue weighted by molar-refractivity contribution is -0.138. The number of anilines is 2. The van der Waals surface area contributed by atoms with Gasteiger partial charge in [0.25, 0.3) is 0 Å². The summed E-state index contributed by atoms with van der Waals surface area (Å²) >= 11 is 12.2. The molecule has 41 heavy (non-hydrogen) atoms. The van der Waals surface area contributed by atoms with Gasteiger partial charge in [0.15, 0.2) is 5.78 Å². The van der Waals surface area contributed by atoms with Crippen LogP contribution in [0, 0.1) is 17.2 Å². The van der Waals surface area contributed by atoms with Crippen molar-refractivity contribution in [3.05, 3.63) is 105 Å². The highest BCUT2D eigenvalue weighted by molar-refractivity contribution is 6.42. The molecule has 6 nitrogen and oxygen atoms in total. The van der Waals surface area contributed by atoms with Crippen LogP contribution in [0.15, 0.2) is 78.0 Å². The molecule has 2 atom stereocenters. The minimum absolute atomic E-state index is 0.0765. The zero-order valence-corrected chi connectivity index (χ0v) is 23.5. The highest BCUT2D eigenvalue weighted by atomic mass is 35.5. The lowest BCUT2D eigenvalue weighted by atomic mass is 9.74. The molecule has 0 saturated carbocycles. The lowest BCUT2D eigenvalue weighted by Gasteiger charge is -2.40. The van der Waals surface area contributed by atoms with Gasteiger partial charge in [-0.15, -0.1) is 0 Å². The third-order valence-electron chi connectivity index (χ3n) is 6.95. The molecule has 4 rings (SSSR count). The van der Waals surface area contributed by atoms with Crippen molar-refractivity contribution in [3.63, 3.8) is 0 Å². The number of nitriles is 1. The molecule has 2 unspecified atom stereocenters. The Morgan fingerprint density at radius 2 is 1.66 bits per heavy atom. The summed E-state index contributed by atoms with van der Waals surface area (Å²) in [4.78, 5) is 43.6. The van der Waals surface area contributed by atoms with Crippen molar-refractivity contribution >= 4 is 52.2 Å². The van der Waals surface area contributed by atoms with Crippen LogP contribution in [-0.4, -0.2) is 24.6 Å². The smallest absolute Gasteiger partial charge is 0.315 e. The minimum Gasteiger partial charge on any atom is -0.315 e. The summed E-state index contributed by atoms with van der Waals surface area (Å²) in [6, 6.07) is 16.6. The van der Waals surface area contributed by atoms with Gasteiger partial charge in [-0.25, -0.2) is 0 Å². The van der Waals surface area contributed by atoms with Crippen LogP contribution in [0.3, 0.4) is 0 Å². The highest BCUT2D eigenvalue weighted by Gasteiger charge is 2.48. The Hall–Kier alpha value is -4.13. The van der Waals surface area contributed by atoms with E-state index in [4.69, 9.17) is 23.2 Å². The number of halogens is 5. The zero-order chi connectivity index (χ0) is 30.2. The number of hydrogen-bond acceptors (Lipinski definition) is 4. The summed E-state index contributed by atoms with van der Waals surface area (Å²) in [5.74, 6) is -4.67. The number of allylic oxidation sites excluding steroid dienone is 2. The van der Waals surface area contributed by atoms with E-state index in [9.17, 15) is 32.8 Å². The first-order valence-corrected chi connectivity index (χ1v) is 13.0. The van der Waals surface area contributed by atoms with E-state index in [1.807, 2.05) is 6.07 Å². The fraction of sp³-hybridized carbons (Fsp3) is 0.200. The number of nitrogens with zero attached hydrogens (tertiary/aromatic N) is 3. The van der Waals surface area contributed by atoms with Gasteiger partial charge in [-0.05, 0) is 67.9 Å². The van der Waals surface area contributed by atoms with Crippen LogP contribution < -0.4 is 9.80 Å².